The van der Waals surface area contributed by atoms with Crippen LogP contribution in [-0.2, 0) is 16.1 Å². The summed E-state index contributed by atoms with van der Waals surface area (Å²) in [5, 5.41) is 9.08. The van der Waals surface area contributed by atoms with Crippen molar-refractivity contribution in [2.45, 2.75) is 6.54 Å². The van der Waals surface area contributed by atoms with Crippen LogP contribution >= 0.6 is 0 Å². The number of hydrogen-bond acceptors (Lipinski definition) is 6. The maximum Gasteiger partial charge on any atom is 0.265 e. The van der Waals surface area contributed by atoms with Crippen LogP contribution in [0.3, 0.4) is 0 Å². The monoisotopic (exact) mass is 371 g/mol. The number of aliphatic hydroxyl groups is 1. The summed E-state index contributed by atoms with van der Waals surface area (Å²) in [6, 6.07) is 12.2. The summed E-state index contributed by atoms with van der Waals surface area (Å²) in [5.74, 6) is 0.595. The Kier molecular flexibility index (Phi) is 6.05. The molecule has 1 aliphatic heterocycles. The number of carbonyl (C=O) groups is 2. The molecule has 27 heavy (non-hydrogen) atoms. The summed E-state index contributed by atoms with van der Waals surface area (Å²) in [6.07, 6.45) is 0. The van der Waals surface area contributed by atoms with Gasteiger partial charge in [-0.25, -0.2) is 0 Å². The van der Waals surface area contributed by atoms with Crippen LogP contribution in [0.25, 0.3) is 0 Å². The first-order valence-electron chi connectivity index (χ1n) is 8.54. The van der Waals surface area contributed by atoms with Gasteiger partial charge in [-0.15, -0.1) is 0 Å². The van der Waals surface area contributed by atoms with Gasteiger partial charge < -0.3 is 24.2 Å². The summed E-state index contributed by atoms with van der Waals surface area (Å²) in [4.78, 5) is 25.8. The number of Topliss-reactive ketones (excluding diaryl/α,β-unsaturated/α-hetero) is 1. The zero-order valence-corrected chi connectivity index (χ0v) is 15.0. The highest BCUT2D eigenvalue weighted by Gasteiger charge is 2.26. The third-order valence-electron chi connectivity index (χ3n) is 4.16. The smallest absolute Gasteiger partial charge is 0.265 e. The highest BCUT2D eigenvalue weighted by Crippen LogP contribution is 2.34. The van der Waals surface area contributed by atoms with Gasteiger partial charge in [0.25, 0.3) is 5.91 Å². The van der Waals surface area contributed by atoms with E-state index in [1.807, 2.05) is 24.3 Å². The van der Waals surface area contributed by atoms with Gasteiger partial charge in [-0.05, 0) is 35.9 Å². The standard InChI is InChI=1S/C20H21NO6/c1-25-7-8-26-16-4-2-3-14(9-16)11-21-17-10-15(18(23)12-22)5-6-19(17)27-13-20(21)24/h2-6,9-10,22H,7-8,11-13H2,1H3. The Morgan fingerprint density at radius 1 is 1.22 bits per heavy atom. The summed E-state index contributed by atoms with van der Waals surface area (Å²) in [5.41, 5.74) is 1.72. The van der Waals surface area contributed by atoms with Gasteiger partial charge in [-0.2, -0.15) is 0 Å². The van der Waals surface area contributed by atoms with Crippen molar-refractivity contribution in [1.29, 1.82) is 0 Å². The van der Waals surface area contributed by atoms with Crippen LogP contribution in [0.15, 0.2) is 42.5 Å². The van der Waals surface area contributed by atoms with Gasteiger partial charge >= 0.3 is 0 Å². The van der Waals surface area contributed by atoms with Crippen molar-refractivity contribution in [3.05, 3.63) is 53.6 Å². The minimum absolute atomic E-state index is 0.0652. The quantitative estimate of drug-likeness (QED) is 0.563. The molecule has 0 unspecified atom stereocenters. The zero-order chi connectivity index (χ0) is 19.2. The molecule has 0 bridgehead atoms. The average Bonchev–Trinajstić information content (AvgIpc) is 2.70. The van der Waals surface area contributed by atoms with Crippen molar-refractivity contribution in [3.63, 3.8) is 0 Å². The summed E-state index contributed by atoms with van der Waals surface area (Å²) in [7, 11) is 1.61. The first-order valence-corrected chi connectivity index (χ1v) is 8.54. The summed E-state index contributed by atoms with van der Waals surface area (Å²) in [6.45, 7) is 0.583. The van der Waals surface area contributed by atoms with Crippen molar-refractivity contribution < 1.29 is 28.9 Å². The van der Waals surface area contributed by atoms with E-state index in [4.69, 9.17) is 19.3 Å². The molecule has 7 nitrogen and oxygen atoms in total. The molecule has 0 aromatic heterocycles. The third-order valence-corrected chi connectivity index (χ3v) is 4.16. The van der Waals surface area contributed by atoms with Crippen LogP contribution < -0.4 is 14.4 Å². The third kappa shape index (κ3) is 4.45. The molecule has 1 heterocycles. The Balaban J connectivity index is 1.84. The van der Waals surface area contributed by atoms with E-state index in [1.54, 1.807) is 30.2 Å². The van der Waals surface area contributed by atoms with Crippen LogP contribution in [0.4, 0.5) is 5.69 Å². The molecule has 0 spiro atoms. The van der Waals surface area contributed by atoms with Crippen LogP contribution in [0.5, 0.6) is 11.5 Å². The predicted molar refractivity (Wildman–Crippen MR) is 98.4 cm³/mol. The lowest BCUT2D eigenvalue weighted by atomic mass is 10.1. The minimum atomic E-state index is -0.589. The molecular weight excluding hydrogens is 350 g/mol. The first kappa shape index (κ1) is 18.9. The second-order valence-corrected chi connectivity index (χ2v) is 6.02. The number of fused-ring (bicyclic) bond motifs is 1. The van der Waals surface area contributed by atoms with Crippen LogP contribution in [0.1, 0.15) is 15.9 Å². The highest BCUT2D eigenvalue weighted by atomic mass is 16.5. The van der Waals surface area contributed by atoms with Gasteiger partial charge in [-0.3, -0.25) is 9.59 Å². The van der Waals surface area contributed by atoms with Gasteiger partial charge in [0.15, 0.2) is 12.4 Å². The Bertz CT molecular complexity index is 835. The number of ketones is 1. The van der Waals surface area contributed by atoms with Crippen molar-refractivity contribution in [3.8, 4) is 11.5 Å². The van der Waals surface area contributed by atoms with E-state index < -0.39 is 12.4 Å². The number of anilines is 1. The van der Waals surface area contributed by atoms with E-state index in [1.165, 1.54) is 0 Å². The van der Waals surface area contributed by atoms with Gasteiger partial charge in [0.1, 0.15) is 24.7 Å². The fourth-order valence-corrected chi connectivity index (χ4v) is 2.80. The first-order chi connectivity index (χ1) is 13.1. The normalized spacial score (nSPS) is 13.1. The SMILES string of the molecule is COCCOc1cccc(CN2C(=O)COc3ccc(C(=O)CO)cc32)c1. The lowest BCUT2D eigenvalue weighted by molar-refractivity contribution is -0.121. The average molecular weight is 371 g/mol. The molecule has 1 N–H and O–H groups in total. The fraction of sp³-hybridized carbons (Fsp3) is 0.300. The zero-order valence-electron chi connectivity index (χ0n) is 15.0. The summed E-state index contributed by atoms with van der Waals surface area (Å²) >= 11 is 0. The molecule has 142 valence electrons. The van der Waals surface area contributed by atoms with Crippen LogP contribution in [-0.4, -0.2) is 50.3 Å². The lowest BCUT2D eigenvalue weighted by Crippen LogP contribution is -2.38. The van der Waals surface area contributed by atoms with Crippen LogP contribution in [0.2, 0.25) is 0 Å². The van der Waals surface area contributed by atoms with Gasteiger partial charge in [0, 0.05) is 12.7 Å². The Hall–Kier alpha value is -2.90. The highest BCUT2D eigenvalue weighted by molar-refractivity contribution is 6.02. The molecule has 0 atom stereocenters. The Morgan fingerprint density at radius 3 is 2.85 bits per heavy atom. The van der Waals surface area contributed by atoms with E-state index in [9.17, 15) is 9.59 Å². The number of amides is 1. The number of hydrogen-bond donors (Lipinski definition) is 1. The maximum absolute atomic E-state index is 12.4. The molecule has 1 aliphatic rings. The Morgan fingerprint density at radius 2 is 2.07 bits per heavy atom. The molecule has 3 rings (SSSR count). The van der Waals surface area contributed by atoms with Gasteiger partial charge in [0.2, 0.25) is 0 Å². The van der Waals surface area contributed by atoms with Crippen molar-refractivity contribution >= 4 is 17.4 Å². The van der Waals surface area contributed by atoms with E-state index in [0.29, 0.717) is 42.5 Å². The molecule has 0 fully saturated rings. The number of aliphatic hydroxyl groups excluding tert-OH is 1. The van der Waals surface area contributed by atoms with E-state index in [-0.39, 0.29) is 12.5 Å². The molecular formula is C20H21NO6. The molecule has 0 aliphatic carbocycles. The number of benzene rings is 2. The number of rotatable bonds is 8. The van der Waals surface area contributed by atoms with Crippen LogP contribution in [0, 0.1) is 0 Å². The van der Waals surface area contributed by atoms with Crippen molar-refractivity contribution in [2.24, 2.45) is 0 Å². The number of carbonyl (C=O) groups excluding carboxylic acids is 2. The largest absolute Gasteiger partial charge is 0.491 e. The maximum atomic E-state index is 12.4. The predicted octanol–water partition coefficient (Wildman–Crippen LogP) is 1.81. The van der Waals surface area contributed by atoms with E-state index in [2.05, 4.69) is 0 Å². The lowest BCUT2D eigenvalue weighted by Gasteiger charge is -2.30. The van der Waals surface area contributed by atoms with Crippen molar-refractivity contribution in [2.75, 3.05) is 38.4 Å². The number of nitrogens with zero attached hydrogens (tertiary/aromatic N) is 1. The molecule has 1 amide bonds. The minimum Gasteiger partial charge on any atom is -0.491 e. The molecule has 0 radical (unpaired) electrons. The second-order valence-electron chi connectivity index (χ2n) is 6.02. The van der Waals surface area contributed by atoms with E-state index in [0.717, 1.165) is 5.56 Å². The fourth-order valence-electron chi connectivity index (χ4n) is 2.80. The molecule has 2 aromatic rings. The number of methoxy groups -OCH3 is 1. The summed E-state index contributed by atoms with van der Waals surface area (Å²) < 4.78 is 16.0. The molecule has 2 aromatic carbocycles. The Labute approximate surface area is 157 Å². The molecule has 7 heteroatoms. The van der Waals surface area contributed by atoms with E-state index >= 15 is 0 Å². The molecule has 0 saturated heterocycles. The van der Waals surface area contributed by atoms with Crippen molar-refractivity contribution in [1.82, 2.24) is 0 Å². The second kappa shape index (κ2) is 8.66. The number of ether oxygens (including phenoxy) is 3. The topological polar surface area (TPSA) is 85.3 Å². The van der Waals surface area contributed by atoms with Gasteiger partial charge in [-0.1, -0.05) is 12.1 Å². The molecule has 0 saturated carbocycles. The van der Waals surface area contributed by atoms with Gasteiger partial charge in [0.05, 0.1) is 18.8 Å².